The van der Waals surface area contributed by atoms with Crippen LogP contribution in [0.25, 0.3) is 0 Å². The van der Waals surface area contributed by atoms with Crippen LogP contribution in [-0.2, 0) is 6.42 Å². The van der Waals surface area contributed by atoms with E-state index < -0.39 is 0 Å². The van der Waals surface area contributed by atoms with E-state index in [1.807, 2.05) is 0 Å². The highest BCUT2D eigenvalue weighted by Crippen LogP contribution is 2.14. The number of aryl methyl sites for hydroxylation is 1. The third-order valence-corrected chi connectivity index (χ3v) is 3.06. The SMILES string of the molecule is CCCCc1ccc(OCCCNCC(C)C)cc1. The fourth-order valence-corrected chi connectivity index (χ4v) is 1.91. The minimum atomic E-state index is 0.719. The Hall–Kier alpha value is -1.02. The highest BCUT2D eigenvalue weighted by molar-refractivity contribution is 5.27. The minimum Gasteiger partial charge on any atom is -0.494 e. The number of rotatable bonds is 10. The molecule has 19 heavy (non-hydrogen) atoms. The van der Waals surface area contributed by atoms with Crippen molar-refractivity contribution in [3.63, 3.8) is 0 Å². The Morgan fingerprint density at radius 3 is 2.47 bits per heavy atom. The van der Waals surface area contributed by atoms with E-state index in [0.717, 1.165) is 37.8 Å². The predicted molar refractivity (Wildman–Crippen MR) is 82.9 cm³/mol. The van der Waals surface area contributed by atoms with Gasteiger partial charge in [-0.1, -0.05) is 39.3 Å². The van der Waals surface area contributed by atoms with Gasteiger partial charge in [-0.25, -0.2) is 0 Å². The first kappa shape index (κ1) is 16.0. The minimum absolute atomic E-state index is 0.719. The van der Waals surface area contributed by atoms with Crippen LogP contribution in [0.1, 0.15) is 45.6 Å². The van der Waals surface area contributed by atoms with Crippen molar-refractivity contribution in [1.82, 2.24) is 5.32 Å². The molecule has 0 heterocycles. The third-order valence-electron chi connectivity index (χ3n) is 3.06. The highest BCUT2D eigenvalue weighted by Gasteiger charge is 1.96. The Bertz CT molecular complexity index is 319. The number of nitrogens with one attached hydrogen (secondary N) is 1. The summed E-state index contributed by atoms with van der Waals surface area (Å²) in [4.78, 5) is 0. The van der Waals surface area contributed by atoms with E-state index >= 15 is 0 Å². The van der Waals surface area contributed by atoms with Gasteiger partial charge in [-0.2, -0.15) is 0 Å². The molecule has 1 aromatic carbocycles. The molecule has 1 rings (SSSR count). The summed E-state index contributed by atoms with van der Waals surface area (Å²) >= 11 is 0. The molecular weight excluding hydrogens is 234 g/mol. The lowest BCUT2D eigenvalue weighted by Crippen LogP contribution is -2.22. The van der Waals surface area contributed by atoms with Crippen LogP contribution < -0.4 is 10.1 Å². The van der Waals surface area contributed by atoms with Gasteiger partial charge in [-0.15, -0.1) is 0 Å². The molecule has 0 aliphatic heterocycles. The Labute approximate surface area is 118 Å². The number of benzene rings is 1. The zero-order chi connectivity index (χ0) is 13.9. The van der Waals surface area contributed by atoms with E-state index in [1.165, 1.54) is 24.8 Å². The average molecular weight is 263 g/mol. The van der Waals surface area contributed by atoms with Crippen LogP contribution in [0, 0.1) is 5.92 Å². The van der Waals surface area contributed by atoms with E-state index in [9.17, 15) is 0 Å². The summed E-state index contributed by atoms with van der Waals surface area (Å²) in [6.07, 6.45) is 4.75. The number of hydrogen-bond donors (Lipinski definition) is 1. The van der Waals surface area contributed by atoms with Gasteiger partial charge in [0.2, 0.25) is 0 Å². The normalized spacial score (nSPS) is 10.9. The molecule has 0 saturated heterocycles. The van der Waals surface area contributed by atoms with Crippen molar-refractivity contribution in [2.75, 3.05) is 19.7 Å². The largest absolute Gasteiger partial charge is 0.494 e. The highest BCUT2D eigenvalue weighted by atomic mass is 16.5. The van der Waals surface area contributed by atoms with E-state index in [4.69, 9.17) is 4.74 Å². The smallest absolute Gasteiger partial charge is 0.119 e. The van der Waals surface area contributed by atoms with Crippen molar-refractivity contribution in [3.05, 3.63) is 29.8 Å². The average Bonchev–Trinajstić information content (AvgIpc) is 2.41. The van der Waals surface area contributed by atoms with Crippen molar-refractivity contribution in [1.29, 1.82) is 0 Å². The van der Waals surface area contributed by atoms with Crippen LogP contribution in [0.15, 0.2) is 24.3 Å². The fraction of sp³-hybridized carbons (Fsp3) is 0.647. The summed E-state index contributed by atoms with van der Waals surface area (Å²) < 4.78 is 5.73. The van der Waals surface area contributed by atoms with Gasteiger partial charge in [0.15, 0.2) is 0 Å². The zero-order valence-corrected chi connectivity index (χ0v) is 12.7. The van der Waals surface area contributed by atoms with Crippen molar-refractivity contribution >= 4 is 0 Å². The summed E-state index contributed by atoms with van der Waals surface area (Å²) in [5.41, 5.74) is 1.41. The first-order valence-electron chi connectivity index (χ1n) is 7.64. The van der Waals surface area contributed by atoms with Gasteiger partial charge in [0.25, 0.3) is 0 Å². The first-order chi connectivity index (χ1) is 9.22. The molecule has 0 saturated carbocycles. The molecule has 0 unspecified atom stereocenters. The van der Waals surface area contributed by atoms with Crippen molar-refractivity contribution in [2.24, 2.45) is 5.92 Å². The molecule has 0 aliphatic rings. The summed E-state index contributed by atoms with van der Waals surface area (Å²) in [6, 6.07) is 8.54. The van der Waals surface area contributed by atoms with Crippen molar-refractivity contribution in [3.8, 4) is 5.75 Å². The molecule has 0 radical (unpaired) electrons. The quantitative estimate of drug-likeness (QED) is 0.643. The Balaban J connectivity index is 2.12. The molecule has 0 aliphatic carbocycles. The molecular formula is C17H29NO. The van der Waals surface area contributed by atoms with Crippen LogP contribution in [0.2, 0.25) is 0 Å². The summed E-state index contributed by atoms with van der Waals surface area (Å²) in [6.45, 7) is 9.59. The van der Waals surface area contributed by atoms with Crippen LogP contribution in [0.4, 0.5) is 0 Å². The van der Waals surface area contributed by atoms with Gasteiger partial charge in [-0.05, 0) is 56.0 Å². The van der Waals surface area contributed by atoms with Gasteiger partial charge in [-0.3, -0.25) is 0 Å². The number of ether oxygens (including phenoxy) is 1. The monoisotopic (exact) mass is 263 g/mol. The molecule has 0 fully saturated rings. The van der Waals surface area contributed by atoms with E-state index in [0.29, 0.717) is 0 Å². The standard InChI is InChI=1S/C17H29NO/c1-4-5-7-16-8-10-17(11-9-16)19-13-6-12-18-14-15(2)3/h8-11,15,18H,4-7,12-14H2,1-3H3. The summed E-state index contributed by atoms with van der Waals surface area (Å²) in [5, 5.41) is 3.42. The second kappa shape index (κ2) is 9.85. The lowest BCUT2D eigenvalue weighted by molar-refractivity contribution is 0.307. The maximum absolute atomic E-state index is 5.73. The third kappa shape index (κ3) is 7.89. The lowest BCUT2D eigenvalue weighted by atomic mass is 10.1. The van der Waals surface area contributed by atoms with Crippen molar-refractivity contribution < 1.29 is 4.74 Å². The van der Waals surface area contributed by atoms with Crippen LogP contribution in [0.5, 0.6) is 5.75 Å². The van der Waals surface area contributed by atoms with E-state index in [2.05, 4.69) is 50.4 Å². The molecule has 2 heteroatoms. The molecule has 1 aromatic rings. The van der Waals surface area contributed by atoms with Gasteiger partial charge >= 0.3 is 0 Å². The number of unbranched alkanes of at least 4 members (excludes halogenated alkanes) is 1. The zero-order valence-electron chi connectivity index (χ0n) is 12.7. The molecule has 2 nitrogen and oxygen atoms in total. The molecule has 0 atom stereocenters. The Kier molecular flexibility index (Phi) is 8.31. The Morgan fingerprint density at radius 2 is 1.84 bits per heavy atom. The maximum atomic E-state index is 5.73. The number of hydrogen-bond acceptors (Lipinski definition) is 2. The van der Waals surface area contributed by atoms with Crippen LogP contribution in [-0.4, -0.2) is 19.7 Å². The maximum Gasteiger partial charge on any atom is 0.119 e. The topological polar surface area (TPSA) is 21.3 Å². The molecule has 108 valence electrons. The van der Waals surface area contributed by atoms with Gasteiger partial charge in [0.05, 0.1) is 6.61 Å². The van der Waals surface area contributed by atoms with E-state index in [1.54, 1.807) is 0 Å². The second-order valence-electron chi connectivity index (χ2n) is 5.55. The molecule has 0 bridgehead atoms. The predicted octanol–water partition coefficient (Wildman–Crippen LogP) is 4.04. The van der Waals surface area contributed by atoms with Gasteiger partial charge in [0, 0.05) is 0 Å². The summed E-state index contributed by atoms with van der Waals surface area (Å²) in [7, 11) is 0. The lowest BCUT2D eigenvalue weighted by Gasteiger charge is -2.09. The van der Waals surface area contributed by atoms with Gasteiger partial charge < -0.3 is 10.1 Å². The van der Waals surface area contributed by atoms with Gasteiger partial charge in [0.1, 0.15) is 5.75 Å². The molecule has 0 spiro atoms. The summed E-state index contributed by atoms with van der Waals surface area (Å²) in [5.74, 6) is 1.71. The molecule has 0 aromatic heterocycles. The van der Waals surface area contributed by atoms with Crippen LogP contribution in [0.3, 0.4) is 0 Å². The first-order valence-corrected chi connectivity index (χ1v) is 7.64. The van der Waals surface area contributed by atoms with Crippen LogP contribution >= 0.6 is 0 Å². The Morgan fingerprint density at radius 1 is 1.11 bits per heavy atom. The molecule has 0 amide bonds. The fourth-order valence-electron chi connectivity index (χ4n) is 1.91. The molecule has 1 N–H and O–H groups in total. The van der Waals surface area contributed by atoms with Crippen molar-refractivity contribution in [2.45, 2.75) is 46.5 Å². The second-order valence-corrected chi connectivity index (χ2v) is 5.55. The van der Waals surface area contributed by atoms with E-state index in [-0.39, 0.29) is 0 Å².